The zero-order valence-corrected chi connectivity index (χ0v) is 16.4. The van der Waals surface area contributed by atoms with Crippen molar-refractivity contribution in [2.75, 3.05) is 13.1 Å². The van der Waals surface area contributed by atoms with E-state index in [2.05, 4.69) is 5.32 Å². The molecule has 1 aliphatic rings. The van der Waals surface area contributed by atoms with Crippen LogP contribution in [0.15, 0.2) is 54.6 Å². The van der Waals surface area contributed by atoms with Gasteiger partial charge in [-0.3, -0.25) is 19.7 Å². The number of benzene rings is 2. The number of hydrogen-bond acceptors (Lipinski definition) is 4. The second kappa shape index (κ2) is 9.32. The average Bonchev–Trinajstić information content (AvgIpc) is 2.75. The average molecular weight is 395 g/mol. The van der Waals surface area contributed by atoms with Gasteiger partial charge in [0.05, 0.1) is 10.8 Å². The van der Waals surface area contributed by atoms with Crippen molar-refractivity contribution in [1.82, 2.24) is 10.2 Å². The van der Waals surface area contributed by atoms with Gasteiger partial charge in [-0.05, 0) is 37.0 Å². The van der Waals surface area contributed by atoms with Crippen molar-refractivity contribution < 1.29 is 14.5 Å². The standard InChI is InChI=1S/C22H25N3O4/c1-2-20(16-6-4-3-5-7-16)22(27)24-14-12-18(13-15-24)23-21(26)17-8-10-19(11-9-17)25(28)29/h3-11,18,20H,2,12-15H2,1H3,(H,23,26). The molecule has 0 aliphatic carbocycles. The van der Waals surface area contributed by atoms with Crippen LogP contribution in [0.4, 0.5) is 5.69 Å². The molecular weight excluding hydrogens is 370 g/mol. The first-order chi connectivity index (χ1) is 14.0. The molecule has 1 fully saturated rings. The second-order valence-electron chi connectivity index (χ2n) is 7.25. The minimum Gasteiger partial charge on any atom is -0.349 e. The third-order valence-electron chi connectivity index (χ3n) is 5.39. The zero-order valence-electron chi connectivity index (χ0n) is 16.4. The molecule has 1 unspecified atom stereocenters. The zero-order chi connectivity index (χ0) is 20.8. The van der Waals surface area contributed by atoms with Crippen molar-refractivity contribution in [2.24, 2.45) is 0 Å². The quantitative estimate of drug-likeness (QED) is 0.598. The van der Waals surface area contributed by atoms with E-state index in [-0.39, 0.29) is 29.5 Å². The number of carbonyl (C=O) groups excluding carboxylic acids is 2. The Morgan fingerprint density at radius 2 is 1.72 bits per heavy atom. The molecule has 2 amide bonds. The van der Waals surface area contributed by atoms with E-state index in [0.717, 1.165) is 12.0 Å². The van der Waals surface area contributed by atoms with E-state index in [1.54, 1.807) is 0 Å². The fourth-order valence-corrected chi connectivity index (χ4v) is 3.71. The predicted octanol–water partition coefficient (Wildman–Crippen LogP) is 3.51. The first kappa shape index (κ1) is 20.5. The van der Waals surface area contributed by atoms with Crippen molar-refractivity contribution >= 4 is 17.5 Å². The van der Waals surface area contributed by atoms with Gasteiger partial charge in [0.2, 0.25) is 5.91 Å². The maximum atomic E-state index is 13.0. The van der Waals surface area contributed by atoms with E-state index in [9.17, 15) is 19.7 Å². The first-order valence-corrected chi connectivity index (χ1v) is 9.88. The van der Waals surface area contributed by atoms with Gasteiger partial charge < -0.3 is 10.2 Å². The lowest BCUT2D eigenvalue weighted by Crippen LogP contribution is -2.47. The van der Waals surface area contributed by atoms with Crippen LogP contribution in [-0.2, 0) is 4.79 Å². The van der Waals surface area contributed by atoms with Crippen LogP contribution in [0, 0.1) is 10.1 Å². The molecule has 1 heterocycles. The van der Waals surface area contributed by atoms with Crippen molar-refractivity contribution in [2.45, 2.75) is 38.1 Å². The summed E-state index contributed by atoms with van der Waals surface area (Å²) in [6.07, 6.45) is 2.13. The van der Waals surface area contributed by atoms with Gasteiger partial charge in [0.15, 0.2) is 0 Å². The molecule has 2 aromatic carbocycles. The highest BCUT2D eigenvalue weighted by Crippen LogP contribution is 2.24. The van der Waals surface area contributed by atoms with Crippen LogP contribution in [0.5, 0.6) is 0 Å². The minimum absolute atomic E-state index is 0.0152. The van der Waals surface area contributed by atoms with Crippen molar-refractivity contribution in [1.29, 1.82) is 0 Å². The molecule has 2 aromatic rings. The lowest BCUT2D eigenvalue weighted by atomic mass is 9.93. The maximum Gasteiger partial charge on any atom is 0.269 e. The summed E-state index contributed by atoms with van der Waals surface area (Å²) in [5.41, 5.74) is 1.38. The van der Waals surface area contributed by atoms with E-state index in [1.165, 1.54) is 24.3 Å². The molecule has 29 heavy (non-hydrogen) atoms. The van der Waals surface area contributed by atoms with Gasteiger partial charge in [-0.1, -0.05) is 37.3 Å². The molecule has 1 saturated heterocycles. The summed E-state index contributed by atoms with van der Waals surface area (Å²) in [6.45, 7) is 3.23. The molecule has 0 saturated carbocycles. The molecule has 3 rings (SSSR count). The normalized spacial score (nSPS) is 15.6. The Morgan fingerprint density at radius 3 is 2.28 bits per heavy atom. The van der Waals surface area contributed by atoms with Gasteiger partial charge in [-0.15, -0.1) is 0 Å². The fourth-order valence-electron chi connectivity index (χ4n) is 3.71. The Labute approximate surface area is 169 Å². The van der Waals surface area contributed by atoms with Gasteiger partial charge in [-0.25, -0.2) is 0 Å². The molecule has 152 valence electrons. The van der Waals surface area contributed by atoms with Crippen LogP contribution in [-0.4, -0.2) is 40.8 Å². The summed E-state index contributed by atoms with van der Waals surface area (Å²) >= 11 is 0. The Hall–Kier alpha value is -3.22. The van der Waals surface area contributed by atoms with Gasteiger partial charge in [-0.2, -0.15) is 0 Å². The lowest BCUT2D eigenvalue weighted by molar-refractivity contribution is -0.384. The maximum absolute atomic E-state index is 13.0. The monoisotopic (exact) mass is 395 g/mol. The number of piperidine rings is 1. The number of carbonyl (C=O) groups is 2. The van der Waals surface area contributed by atoms with Crippen molar-refractivity contribution in [3.8, 4) is 0 Å². The number of nitro benzene ring substituents is 1. The van der Waals surface area contributed by atoms with Crippen molar-refractivity contribution in [3.05, 3.63) is 75.8 Å². The van der Waals surface area contributed by atoms with E-state index in [4.69, 9.17) is 0 Å². The Morgan fingerprint density at radius 1 is 1.10 bits per heavy atom. The van der Waals surface area contributed by atoms with Gasteiger partial charge in [0, 0.05) is 36.8 Å². The van der Waals surface area contributed by atoms with Gasteiger partial charge in [0.25, 0.3) is 11.6 Å². The predicted molar refractivity (Wildman–Crippen MR) is 110 cm³/mol. The Balaban J connectivity index is 1.54. The molecule has 1 N–H and O–H groups in total. The summed E-state index contributed by atoms with van der Waals surface area (Å²) in [5.74, 6) is -0.248. The highest BCUT2D eigenvalue weighted by molar-refractivity contribution is 5.94. The number of nitro groups is 1. The molecular formula is C22H25N3O4. The third kappa shape index (κ3) is 4.99. The molecule has 7 nitrogen and oxygen atoms in total. The van der Waals surface area contributed by atoms with E-state index in [1.807, 2.05) is 42.2 Å². The highest BCUT2D eigenvalue weighted by Gasteiger charge is 2.29. The molecule has 0 spiro atoms. The second-order valence-corrected chi connectivity index (χ2v) is 7.25. The number of non-ortho nitro benzene ring substituents is 1. The fraction of sp³-hybridized carbons (Fsp3) is 0.364. The first-order valence-electron chi connectivity index (χ1n) is 9.88. The third-order valence-corrected chi connectivity index (χ3v) is 5.39. The van der Waals surface area contributed by atoms with E-state index >= 15 is 0 Å². The molecule has 0 radical (unpaired) electrons. The Kier molecular flexibility index (Phi) is 6.59. The lowest BCUT2D eigenvalue weighted by Gasteiger charge is -2.34. The van der Waals surface area contributed by atoms with Crippen LogP contribution in [0.2, 0.25) is 0 Å². The van der Waals surface area contributed by atoms with Crippen LogP contribution in [0.1, 0.15) is 48.0 Å². The van der Waals surface area contributed by atoms with Crippen LogP contribution >= 0.6 is 0 Å². The molecule has 1 aliphatic heterocycles. The van der Waals surface area contributed by atoms with Crippen LogP contribution in [0.25, 0.3) is 0 Å². The smallest absolute Gasteiger partial charge is 0.269 e. The molecule has 7 heteroatoms. The largest absolute Gasteiger partial charge is 0.349 e. The van der Waals surface area contributed by atoms with Crippen LogP contribution < -0.4 is 5.32 Å². The number of rotatable bonds is 6. The summed E-state index contributed by atoms with van der Waals surface area (Å²) in [4.78, 5) is 37.4. The number of amides is 2. The summed E-state index contributed by atoms with van der Waals surface area (Å²) < 4.78 is 0. The molecule has 1 atom stereocenters. The number of hydrogen-bond donors (Lipinski definition) is 1. The number of likely N-dealkylation sites (tertiary alicyclic amines) is 1. The number of nitrogens with zero attached hydrogens (tertiary/aromatic N) is 2. The summed E-state index contributed by atoms with van der Waals surface area (Å²) in [6, 6.07) is 15.4. The minimum atomic E-state index is -0.493. The number of nitrogens with one attached hydrogen (secondary N) is 1. The highest BCUT2D eigenvalue weighted by atomic mass is 16.6. The molecule has 0 aromatic heterocycles. The Bertz CT molecular complexity index is 859. The SMILES string of the molecule is CCC(C(=O)N1CCC(NC(=O)c2ccc([N+](=O)[O-])cc2)CC1)c1ccccc1. The van der Waals surface area contributed by atoms with Crippen molar-refractivity contribution in [3.63, 3.8) is 0 Å². The summed E-state index contributed by atoms with van der Waals surface area (Å²) in [7, 11) is 0. The topological polar surface area (TPSA) is 92.6 Å². The van der Waals surface area contributed by atoms with Crippen LogP contribution in [0.3, 0.4) is 0 Å². The van der Waals surface area contributed by atoms with Gasteiger partial charge >= 0.3 is 0 Å². The summed E-state index contributed by atoms with van der Waals surface area (Å²) in [5, 5.41) is 13.7. The van der Waals surface area contributed by atoms with Gasteiger partial charge in [0.1, 0.15) is 0 Å². The van der Waals surface area contributed by atoms with E-state index in [0.29, 0.717) is 31.5 Å². The molecule has 0 bridgehead atoms. The van der Waals surface area contributed by atoms with E-state index < -0.39 is 4.92 Å².